The molecule has 6 nitrogen and oxygen atoms in total. The van der Waals surface area contributed by atoms with Crippen molar-refractivity contribution < 1.29 is 14.6 Å². The smallest absolute Gasteiger partial charge is 0.309 e. The summed E-state index contributed by atoms with van der Waals surface area (Å²) in [7, 11) is 1.83. The molecule has 0 saturated carbocycles. The van der Waals surface area contributed by atoms with Crippen LogP contribution in [0.3, 0.4) is 0 Å². The normalized spacial score (nSPS) is 16.4. The Bertz CT molecular complexity index is 383. The monoisotopic (exact) mass is 225 g/mol. The average molecular weight is 225 g/mol. The molecular weight excluding hydrogens is 210 g/mol. The van der Waals surface area contributed by atoms with Gasteiger partial charge in [-0.2, -0.15) is 5.10 Å². The highest BCUT2D eigenvalue weighted by molar-refractivity contribution is 5.70. The van der Waals surface area contributed by atoms with Gasteiger partial charge in [-0.05, 0) is 0 Å². The summed E-state index contributed by atoms with van der Waals surface area (Å²) < 4.78 is 6.99. The van der Waals surface area contributed by atoms with Crippen molar-refractivity contribution in [3.8, 4) is 0 Å². The molecule has 0 spiro atoms. The molecule has 1 fully saturated rings. The Labute approximate surface area is 93.4 Å². The molecule has 16 heavy (non-hydrogen) atoms. The third kappa shape index (κ3) is 2.33. The fourth-order valence-corrected chi connectivity index (χ4v) is 1.84. The molecule has 1 aliphatic heterocycles. The van der Waals surface area contributed by atoms with E-state index in [4.69, 9.17) is 9.84 Å². The molecule has 0 bridgehead atoms. The number of carbonyl (C=O) groups is 1. The first-order valence-electron chi connectivity index (χ1n) is 5.24. The Kier molecular flexibility index (Phi) is 3.09. The summed E-state index contributed by atoms with van der Waals surface area (Å²) in [5.74, 6) is 0.103. The average Bonchev–Trinajstić information content (AvgIpc) is 2.60. The maximum atomic E-state index is 10.6. The number of hydrogen-bond acceptors (Lipinski definition) is 4. The van der Waals surface area contributed by atoms with E-state index in [0.29, 0.717) is 18.9 Å². The second-order valence-corrected chi connectivity index (χ2v) is 3.79. The summed E-state index contributed by atoms with van der Waals surface area (Å²) in [4.78, 5) is 12.7. The maximum Gasteiger partial charge on any atom is 0.309 e. The minimum atomic E-state index is -0.855. The zero-order valence-corrected chi connectivity index (χ0v) is 9.22. The van der Waals surface area contributed by atoms with Gasteiger partial charge in [0.1, 0.15) is 5.82 Å². The van der Waals surface area contributed by atoms with Crippen LogP contribution >= 0.6 is 0 Å². The number of aromatic nitrogens is 2. The number of ether oxygens (including phenoxy) is 1. The first-order valence-corrected chi connectivity index (χ1v) is 5.24. The Balaban J connectivity index is 2.13. The quantitative estimate of drug-likeness (QED) is 0.777. The Hall–Kier alpha value is -1.56. The Morgan fingerprint density at radius 2 is 2.25 bits per heavy atom. The van der Waals surface area contributed by atoms with Gasteiger partial charge in [0.25, 0.3) is 0 Å². The number of aryl methyl sites for hydroxylation is 1. The standard InChI is InChI=1S/C10H15N3O3/c1-12-9(13-2-4-16-5-3-13)6-8(11-12)7-10(14)15/h6H,2-5,7H2,1H3,(H,14,15). The van der Waals surface area contributed by atoms with Crippen molar-refractivity contribution in [2.24, 2.45) is 7.05 Å². The predicted octanol–water partition coefficient (Wildman–Crippen LogP) is -0.116. The molecule has 1 N–H and O–H groups in total. The number of aliphatic carboxylic acids is 1. The molecule has 0 aromatic carbocycles. The zero-order valence-electron chi connectivity index (χ0n) is 9.22. The number of carboxylic acids is 1. The summed E-state index contributed by atoms with van der Waals surface area (Å²) >= 11 is 0. The first-order chi connectivity index (χ1) is 7.66. The molecule has 6 heteroatoms. The molecule has 2 heterocycles. The Morgan fingerprint density at radius 3 is 2.88 bits per heavy atom. The zero-order chi connectivity index (χ0) is 11.5. The number of hydrogen-bond donors (Lipinski definition) is 1. The molecule has 0 radical (unpaired) electrons. The lowest BCUT2D eigenvalue weighted by Gasteiger charge is -2.28. The van der Waals surface area contributed by atoms with Crippen LogP contribution in [0, 0.1) is 0 Å². The second kappa shape index (κ2) is 4.52. The van der Waals surface area contributed by atoms with Crippen molar-refractivity contribution in [2.75, 3.05) is 31.2 Å². The van der Waals surface area contributed by atoms with Gasteiger partial charge in [-0.3, -0.25) is 9.48 Å². The number of rotatable bonds is 3. The van der Waals surface area contributed by atoms with E-state index in [9.17, 15) is 4.79 Å². The van der Waals surface area contributed by atoms with Crippen molar-refractivity contribution in [2.45, 2.75) is 6.42 Å². The van der Waals surface area contributed by atoms with Gasteiger partial charge in [-0.1, -0.05) is 0 Å². The molecule has 1 aromatic rings. The third-order valence-corrected chi connectivity index (χ3v) is 2.57. The molecule has 0 unspecified atom stereocenters. The summed E-state index contributed by atoms with van der Waals surface area (Å²) in [6.45, 7) is 3.07. The van der Waals surface area contributed by atoms with Crippen LogP contribution in [-0.2, 0) is 23.0 Å². The largest absolute Gasteiger partial charge is 0.481 e. The fourth-order valence-electron chi connectivity index (χ4n) is 1.84. The second-order valence-electron chi connectivity index (χ2n) is 3.79. The Morgan fingerprint density at radius 1 is 1.56 bits per heavy atom. The highest BCUT2D eigenvalue weighted by Crippen LogP contribution is 2.16. The predicted molar refractivity (Wildman–Crippen MR) is 57.6 cm³/mol. The van der Waals surface area contributed by atoms with Crippen molar-refractivity contribution >= 4 is 11.8 Å². The van der Waals surface area contributed by atoms with Gasteiger partial charge in [0, 0.05) is 26.2 Å². The molecule has 1 saturated heterocycles. The highest BCUT2D eigenvalue weighted by Gasteiger charge is 2.16. The van der Waals surface area contributed by atoms with Gasteiger partial charge in [-0.15, -0.1) is 0 Å². The lowest BCUT2D eigenvalue weighted by Crippen LogP contribution is -2.37. The molecule has 2 rings (SSSR count). The third-order valence-electron chi connectivity index (χ3n) is 2.57. The molecule has 1 aromatic heterocycles. The van der Waals surface area contributed by atoms with Gasteiger partial charge in [0.15, 0.2) is 0 Å². The lowest BCUT2D eigenvalue weighted by molar-refractivity contribution is -0.136. The summed E-state index contributed by atoms with van der Waals surface area (Å²) in [6.07, 6.45) is -0.0296. The van der Waals surface area contributed by atoms with Gasteiger partial charge in [-0.25, -0.2) is 0 Å². The summed E-state index contributed by atoms with van der Waals surface area (Å²) in [6, 6.07) is 1.83. The summed E-state index contributed by atoms with van der Waals surface area (Å²) in [5.41, 5.74) is 0.594. The van der Waals surface area contributed by atoms with Crippen molar-refractivity contribution in [3.05, 3.63) is 11.8 Å². The van der Waals surface area contributed by atoms with Crippen molar-refractivity contribution in [1.29, 1.82) is 0 Å². The van der Waals surface area contributed by atoms with Crippen molar-refractivity contribution in [1.82, 2.24) is 9.78 Å². The van der Waals surface area contributed by atoms with Crippen LogP contribution < -0.4 is 4.90 Å². The SMILES string of the molecule is Cn1nc(CC(=O)O)cc1N1CCOCC1. The van der Waals surface area contributed by atoms with E-state index in [1.54, 1.807) is 4.68 Å². The molecule has 0 amide bonds. The molecule has 1 aliphatic rings. The van der Waals surface area contributed by atoms with E-state index < -0.39 is 5.97 Å². The van der Waals surface area contributed by atoms with Gasteiger partial charge >= 0.3 is 5.97 Å². The van der Waals surface area contributed by atoms with Crippen LogP contribution in [-0.4, -0.2) is 47.2 Å². The van der Waals surface area contributed by atoms with E-state index in [1.165, 1.54) is 0 Å². The van der Waals surface area contributed by atoms with E-state index in [2.05, 4.69) is 10.00 Å². The molecule has 0 aliphatic carbocycles. The van der Waals surface area contributed by atoms with Crippen molar-refractivity contribution in [3.63, 3.8) is 0 Å². The van der Waals surface area contributed by atoms with E-state index in [1.807, 2.05) is 13.1 Å². The highest BCUT2D eigenvalue weighted by atomic mass is 16.5. The first kappa shape index (κ1) is 10.9. The summed E-state index contributed by atoms with van der Waals surface area (Å²) in [5, 5.41) is 12.9. The van der Waals surface area contributed by atoms with Crippen LogP contribution in [0.15, 0.2) is 6.07 Å². The number of anilines is 1. The van der Waals surface area contributed by atoms with Gasteiger partial charge in [0.2, 0.25) is 0 Å². The minimum absolute atomic E-state index is 0.0296. The fraction of sp³-hybridized carbons (Fsp3) is 0.600. The van der Waals surface area contributed by atoms with Crippen LogP contribution in [0.5, 0.6) is 0 Å². The maximum absolute atomic E-state index is 10.6. The molecule has 0 atom stereocenters. The van der Waals surface area contributed by atoms with Gasteiger partial charge in [0.05, 0.1) is 25.3 Å². The minimum Gasteiger partial charge on any atom is -0.481 e. The van der Waals surface area contributed by atoms with Crippen LogP contribution in [0.4, 0.5) is 5.82 Å². The number of carboxylic acid groups (broad SMARTS) is 1. The van der Waals surface area contributed by atoms with Gasteiger partial charge < -0.3 is 14.7 Å². The van der Waals surface area contributed by atoms with Crippen LogP contribution in [0.1, 0.15) is 5.69 Å². The van der Waals surface area contributed by atoms with E-state index in [-0.39, 0.29) is 6.42 Å². The number of nitrogens with zero attached hydrogens (tertiary/aromatic N) is 3. The van der Waals surface area contributed by atoms with E-state index >= 15 is 0 Å². The van der Waals surface area contributed by atoms with E-state index in [0.717, 1.165) is 18.9 Å². The lowest BCUT2D eigenvalue weighted by atomic mass is 10.3. The van der Waals surface area contributed by atoms with Crippen LogP contribution in [0.25, 0.3) is 0 Å². The topological polar surface area (TPSA) is 67.6 Å². The van der Waals surface area contributed by atoms with Crippen LogP contribution in [0.2, 0.25) is 0 Å². The number of morpholine rings is 1. The molecular formula is C10H15N3O3. The molecule has 88 valence electrons.